The van der Waals surface area contributed by atoms with Crippen molar-refractivity contribution in [3.05, 3.63) is 52.7 Å². The predicted molar refractivity (Wildman–Crippen MR) is 143 cm³/mol. The van der Waals surface area contributed by atoms with Crippen molar-refractivity contribution in [2.45, 2.75) is 39.7 Å². The molecule has 0 spiro atoms. The van der Waals surface area contributed by atoms with Crippen LogP contribution in [0.5, 0.6) is 0 Å². The minimum absolute atomic E-state index is 0.0360. The van der Waals surface area contributed by atoms with Gasteiger partial charge in [0.2, 0.25) is 5.91 Å². The van der Waals surface area contributed by atoms with E-state index in [1.165, 1.54) is 0 Å². The fourth-order valence-electron chi connectivity index (χ4n) is 5.14. The van der Waals surface area contributed by atoms with E-state index in [1.54, 1.807) is 47.1 Å². The van der Waals surface area contributed by atoms with Gasteiger partial charge in [0.25, 0.3) is 11.8 Å². The molecule has 0 saturated carbocycles. The number of hydrogen-bond donors (Lipinski definition) is 0. The number of carbonyl (C=O) groups is 3. The molecule has 1 aromatic heterocycles. The Hall–Kier alpha value is -3.46. The summed E-state index contributed by atoms with van der Waals surface area (Å²) < 4.78 is 5.13. The van der Waals surface area contributed by atoms with Gasteiger partial charge in [-0.25, -0.2) is 4.98 Å². The van der Waals surface area contributed by atoms with Gasteiger partial charge >= 0.3 is 0 Å². The van der Waals surface area contributed by atoms with Crippen LogP contribution in [-0.4, -0.2) is 92.0 Å². The Balaban J connectivity index is 1.58. The second-order valence-electron chi connectivity index (χ2n) is 10.0. The molecule has 9 nitrogen and oxygen atoms in total. The third-order valence-electron chi connectivity index (χ3n) is 7.26. The fraction of sp³-hybridized carbons (Fsp3) is 0.500. The molecule has 1 unspecified atom stereocenters. The maximum Gasteiger partial charge on any atom is 0.254 e. The van der Waals surface area contributed by atoms with Crippen LogP contribution in [0, 0.1) is 13.8 Å². The van der Waals surface area contributed by atoms with Crippen molar-refractivity contribution in [1.82, 2.24) is 14.8 Å². The lowest BCUT2D eigenvalue weighted by Gasteiger charge is -2.36. The van der Waals surface area contributed by atoms with Gasteiger partial charge in [0.1, 0.15) is 5.82 Å². The first-order chi connectivity index (χ1) is 17.7. The van der Waals surface area contributed by atoms with Gasteiger partial charge in [-0.15, -0.1) is 0 Å². The molecule has 2 aliphatic heterocycles. The average Bonchev–Trinajstić information content (AvgIpc) is 3.23. The van der Waals surface area contributed by atoms with E-state index in [0.29, 0.717) is 62.6 Å². The molecule has 2 fully saturated rings. The number of piperazine rings is 1. The van der Waals surface area contributed by atoms with Crippen LogP contribution in [0.2, 0.25) is 0 Å². The first-order valence-corrected chi connectivity index (χ1v) is 12.9. The van der Waals surface area contributed by atoms with E-state index >= 15 is 0 Å². The summed E-state index contributed by atoms with van der Waals surface area (Å²) in [6.07, 6.45) is 3.12. The minimum Gasteiger partial charge on any atom is -0.383 e. The molecule has 0 aliphatic carbocycles. The molecule has 1 aromatic carbocycles. The zero-order chi connectivity index (χ0) is 26.7. The number of methoxy groups -OCH3 is 1. The zero-order valence-electron chi connectivity index (χ0n) is 22.5. The van der Waals surface area contributed by atoms with E-state index in [2.05, 4.69) is 22.9 Å². The molecule has 0 bridgehead atoms. The lowest BCUT2D eigenvalue weighted by Crippen LogP contribution is -2.49. The molecule has 9 heteroatoms. The smallest absolute Gasteiger partial charge is 0.254 e. The first kappa shape index (κ1) is 26.6. The predicted octanol–water partition coefficient (Wildman–Crippen LogP) is 2.89. The summed E-state index contributed by atoms with van der Waals surface area (Å²) in [6, 6.07) is 7.36. The Morgan fingerprint density at radius 1 is 1.11 bits per heavy atom. The van der Waals surface area contributed by atoms with Crippen LogP contribution in [0.25, 0.3) is 0 Å². The highest BCUT2D eigenvalue weighted by Crippen LogP contribution is 2.30. The molecule has 2 aliphatic rings. The fourth-order valence-corrected chi connectivity index (χ4v) is 5.14. The number of likely N-dealkylation sites (N-methyl/N-ethyl adjacent to an activating group) is 1. The number of aryl methyl sites for hydroxylation is 2. The molecule has 0 N–H and O–H groups in total. The van der Waals surface area contributed by atoms with Gasteiger partial charge < -0.3 is 24.3 Å². The largest absolute Gasteiger partial charge is 0.383 e. The quantitative estimate of drug-likeness (QED) is 0.573. The van der Waals surface area contributed by atoms with Crippen LogP contribution in [0.4, 0.5) is 11.5 Å². The summed E-state index contributed by atoms with van der Waals surface area (Å²) >= 11 is 0. The number of aromatic nitrogens is 1. The number of benzene rings is 1. The number of rotatable bonds is 7. The van der Waals surface area contributed by atoms with Crippen LogP contribution in [0.15, 0.2) is 30.5 Å². The van der Waals surface area contributed by atoms with Crippen molar-refractivity contribution in [2.75, 3.05) is 63.3 Å². The number of nitrogens with zero attached hydrogens (tertiary/aromatic N) is 5. The second-order valence-corrected chi connectivity index (χ2v) is 10.0. The van der Waals surface area contributed by atoms with Crippen molar-refractivity contribution >= 4 is 29.2 Å². The van der Waals surface area contributed by atoms with Crippen LogP contribution >= 0.6 is 0 Å². The monoisotopic (exact) mass is 507 g/mol. The topological polar surface area (TPSA) is 86.3 Å². The SMILES string of the molecule is COCCN(C)C(=O)c1cc(N2C(=O)CCC2C)ccc1C(=O)N1CCN(c2ncc(C)cc2C)CC1. The van der Waals surface area contributed by atoms with Crippen LogP contribution in [-0.2, 0) is 9.53 Å². The van der Waals surface area contributed by atoms with E-state index in [1.807, 2.05) is 20.0 Å². The molecular formula is C28H37N5O4. The number of ether oxygens (including phenoxy) is 1. The Kier molecular flexibility index (Phi) is 8.12. The Morgan fingerprint density at radius 2 is 1.84 bits per heavy atom. The van der Waals surface area contributed by atoms with Gasteiger partial charge in [-0.1, -0.05) is 6.07 Å². The molecule has 2 aromatic rings. The molecule has 3 heterocycles. The average molecular weight is 508 g/mol. The summed E-state index contributed by atoms with van der Waals surface area (Å²) in [4.78, 5) is 51.6. The van der Waals surface area contributed by atoms with Gasteiger partial charge in [-0.05, 0) is 56.5 Å². The lowest BCUT2D eigenvalue weighted by atomic mass is 10.0. The number of carbonyl (C=O) groups excluding carboxylic acids is 3. The molecule has 2 saturated heterocycles. The zero-order valence-corrected chi connectivity index (χ0v) is 22.5. The van der Waals surface area contributed by atoms with Crippen molar-refractivity contribution in [3.63, 3.8) is 0 Å². The highest BCUT2D eigenvalue weighted by Gasteiger charge is 2.32. The number of anilines is 2. The summed E-state index contributed by atoms with van der Waals surface area (Å²) in [7, 11) is 3.28. The standard InChI is InChI=1S/C28H37N5O4/c1-19-16-20(2)26(29-18-19)31-10-12-32(13-11-31)28(36)23-8-7-22(33-21(3)6-9-25(33)34)17-24(23)27(35)30(4)14-15-37-5/h7-8,16-18,21H,6,9-15H2,1-5H3. The number of hydrogen-bond acceptors (Lipinski definition) is 6. The molecule has 0 radical (unpaired) electrons. The highest BCUT2D eigenvalue weighted by atomic mass is 16.5. The van der Waals surface area contributed by atoms with Gasteiger partial charge in [0, 0.05) is 71.2 Å². The number of amides is 3. The van der Waals surface area contributed by atoms with Crippen LogP contribution in [0.3, 0.4) is 0 Å². The molecule has 1 atom stereocenters. The van der Waals surface area contributed by atoms with Crippen molar-refractivity contribution in [3.8, 4) is 0 Å². The van der Waals surface area contributed by atoms with E-state index in [0.717, 1.165) is 23.4 Å². The molecular weight excluding hydrogens is 470 g/mol. The van der Waals surface area contributed by atoms with E-state index in [-0.39, 0.29) is 23.8 Å². The number of pyridine rings is 1. The van der Waals surface area contributed by atoms with Crippen molar-refractivity contribution in [2.24, 2.45) is 0 Å². The minimum atomic E-state index is -0.264. The summed E-state index contributed by atoms with van der Waals surface area (Å²) in [5.41, 5.74) is 3.56. The molecule has 37 heavy (non-hydrogen) atoms. The normalized spacial score (nSPS) is 17.9. The van der Waals surface area contributed by atoms with E-state index in [4.69, 9.17) is 4.74 Å². The van der Waals surface area contributed by atoms with Crippen molar-refractivity contribution < 1.29 is 19.1 Å². The van der Waals surface area contributed by atoms with E-state index in [9.17, 15) is 14.4 Å². The Labute approximate surface area is 219 Å². The molecule has 4 rings (SSSR count). The van der Waals surface area contributed by atoms with Gasteiger partial charge in [0.05, 0.1) is 17.7 Å². The van der Waals surface area contributed by atoms with E-state index < -0.39 is 0 Å². The maximum atomic E-state index is 13.7. The lowest BCUT2D eigenvalue weighted by molar-refractivity contribution is -0.117. The maximum absolute atomic E-state index is 13.7. The summed E-state index contributed by atoms with van der Waals surface area (Å²) in [5.74, 6) is 0.541. The molecule has 3 amide bonds. The van der Waals surface area contributed by atoms with Gasteiger partial charge in [0.15, 0.2) is 0 Å². The van der Waals surface area contributed by atoms with Gasteiger partial charge in [-0.2, -0.15) is 0 Å². The Morgan fingerprint density at radius 3 is 2.46 bits per heavy atom. The molecule has 198 valence electrons. The second kappa shape index (κ2) is 11.3. The van der Waals surface area contributed by atoms with Gasteiger partial charge in [-0.3, -0.25) is 14.4 Å². The summed E-state index contributed by atoms with van der Waals surface area (Å²) in [5, 5.41) is 0. The first-order valence-electron chi connectivity index (χ1n) is 12.9. The Bertz CT molecular complexity index is 1180. The van der Waals surface area contributed by atoms with Crippen LogP contribution in [0.1, 0.15) is 51.6 Å². The summed E-state index contributed by atoms with van der Waals surface area (Å²) in [6.45, 7) is 9.26. The van der Waals surface area contributed by atoms with Crippen LogP contribution < -0.4 is 9.80 Å². The highest BCUT2D eigenvalue weighted by molar-refractivity contribution is 6.08. The van der Waals surface area contributed by atoms with Crippen molar-refractivity contribution in [1.29, 1.82) is 0 Å². The third kappa shape index (κ3) is 5.61. The third-order valence-corrected chi connectivity index (χ3v) is 7.26.